The summed E-state index contributed by atoms with van der Waals surface area (Å²) in [4.78, 5) is 31.6. The molecule has 2 saturated heterocycles. The number of benzene rings is 2. The Hall–Kier alpha value is -3.13. The molecular formula is C24H29FN4O3. The van der Waals surface area contributed by atoms with E-state index in [-0.39, 0.29) is 30.6 Å². The fourth-order valence-electron chi connectivity index (χ4n) is 4.32. The van der Waals surface area contributed by atoms with Gasteiger partial charge in [0.1, 0.15) is 11.6 Å². The summed E-state index contributed by atoms with van der Waals surface area (Å²) in [7, 11) is 1.49. The van der Waals surface area contributed by atoms with E-state index in [0.717, 1.165) is 18.8 Å². The van der Waals surface area contributed by atoms with Crippen LogP contribution in [0.1, 0.15) is 12.0 Å². The normalized spacial score (nSPS) is 19.6. The van der Waals surface area contributed by atoms with Crippen molar-refractivity contribution in [3.05, 3.63) is 59.9 Å². The summed E-state index contributed by atoms with van der Waals surface area (Å²) in [5.41, 5.74) is 1.63. The number of hydrogen-bond acceptors (Lipinski definition) is 5. The Balaban J connectivity index is 1.38. The lowest BCUT2D eigenvalue weighted by Gasteiger charge is -2.39. The number of halogens is 1. The highest BCUT2D eigenvalue weighted by molar-refractivity contribution is 5.89. The van der Waals surface area contributed by atoms with Gasteiger partial charge in [-0.15, -0.1) is 0 Å². The van der Waals surface area contributed by atoms with Gasteiger partial charge in [0.25, 0.3) is 0 Å². The molecule has 0 bridgehead atoms. The summed E-state index contributed by atoms with van der Waals surface area (Å²) in [6, 6.07) is 14.2. The molecule has 4 rings (SSSR count). The first kappa shape index (κ1) is 22.1. The summed E-state index contributed by atoms with van der Waals surface area (Å²) in [5, 5.41) is 2.84. The zero-order valence-electron chi connectivity index (χ0n) is 18.3. The highest BCUT2D eigenvalue weighted by Gasteiger charge is 2.34. The monoisotopic (exact) mass is 440 g/mol. The molecule has 7 nitrogen and oxygen atoms in total. The van der Waals surface area contributed by atoms with E-state index in [4.69, 9.17) is 4.74 Å². The van der Waals surface area contributed by atoms with Gasteiger partial charge in [-0.05, 0) is 18.2 Å². The number of rotatable bonds is 6. The van der Waals surface area contributed by atoms with Gasteiger partial charge in [-0.3, -0.25) is 14.5 Å². The van der Waals surface area contributed by atoms with Gasteiger partial charge in [0.15, 0.2) is 0 Å². The number of anilines is 1. The molecule has 2 heterocycles. The maximum atomic E-state index is 14.5. The molecule has 2 aromatic carbocycles. The van der Waals surface area contributed by atoms with Crippen LogP contribution in [0.25, 0.3) is 0 Å². The van der Waals surface area contributed by atoms with E-state index < -0.39 is 6.04 Å². The maximum absolute atomic E-state index is 14.5. The first-order valence-corrected chi connectivity index (χ1v) is 11.0. The molecule has 2 aliphatic rings. The van der Waals surface area contributed by atoms with Crippen LogP contribution in [-0.4, -0.2) is 74.0 Å². The van der Waals surface area contributed by atoms with Gasteiger partial charge in [0.05, 0.1) is 19.6 Å². The predicted octanol–water partition coefficient (Wildman–Crippen LogP) is 1.87. The van der Waals surface area contributed by atoms with Crippen molar-refractivity contribution in [3.63, 3.8) is 0 Å². The van der Waals surface area contributed by atoms with E-state index in [1.165, 1.54) is 13.2 Å². The smallest absolute Gasteiger partial charge is 0.237 e. The summed E-state index contributed by atoms with van der Waals surface area (Å²) in [6.07, 6.45) is 0.0922. The molecule has 1 N–H and O–H groups in total. The topological polar surface area (TPSA) is 65.1 Å². The zero-order chi connectivity index (χ0) is 22.5. The first-order valence-electron chi connectivity index (χ1n) is 11.0. The van der Waals surface area contributed by atoms with Gasteiger partial charge in [-0.25, -0.2) is 4.39 Å². The Labute approximate surface area is 187 Å². The third kappa shape index (κ3) is 5.02. The molecule has 0 aliphatic carbocycles. The molecule has 170 valence electrons. The Morgan fingerprint density at radius 2 is 1.84 bits per heavy atom. The van der Waals surface area contributed by atoms with Crippen LogP contribution in [0.3, 0.4) is 0 Å². The molecule has 0 aromatic heterocycles. The summed E-state index contributed by atoms with van der Waals surface area (Å²) >= 11 is 0. The number of hydrogen-bond donors (Lipinski definition) is 1. The summed E-state index contributed by atoms with van der Waals surface area (Å²) in [6.45, 7) is 4.07. The maximum Gasteiger partial charge on any atom is 0.237 e. The van der Waals surface area contributed by atoms with Crippen molar-refractivity contribution in [2.45, 2.75) is 19.0 Å². The molecule has 0 spiro atoms. The number of amides is 2. The average molecular weight is 441 g/mol. The number of nitrogens with zero attached hydrogens (tertiary/aromatic N) is 3. The van der Waals surface area contributed by atoms with Crippen LogP contribution in [0.2, 0.25) is 0 Å². The zero-order valence-corrected chi connectivity index (χ0v) is 18.3. The first-order chi connectivity index (χ1) is 15.5. The molecule has 2 aromatic rings. The van der Waals surface area contributed by atoms with E-state index in [1.807, 2.05) is 28.0 Å². The molecule has 0 saturated carbocycles. The van der Waals surface area contributed by atoms with Crippen LogP contribution in [0.5, 0.6) is 5.75 Å². The van der Waals surface area contributed by atoms with E-state index >= 15 is 0 Å². The van der Waals surface area contributed by atoms with Crippen LogP contribution in [-0.2, 0) is 16.1 Å². The van der Waals surface area contributed by atoms with Crippen molar-refractivity contribution in [2.24, 2.45) is 0 Å². The Kier molecular flexibility index (Phi) is 6.90. The van der Waals surface area contributed by atoms with Crippen LogP contribution in [0.4, 0.5) is 10.1 Å². The van der Waals surface area contributed by atoms with Crippen molar-refractivity contribution in [2.75, 3.05) is 51.3 Å². The van der Waals surface area contributed by atoms with Crippen molar-refractivity contribution in [3.8, 4) is 5.75 Å². The van der Waals surface area contributed by atoms with Gasteiger partial charge in [-0.2, -0.15) is 0 Å². The Morgan fingerprint density at radius 1 is 1.09 bits per heavy atom. The van der Waals surface area contributed by atoms with Crippen LogP contribution < -0.4 is 15.0 Å². The fourth-order valence-corrected chi connectivity index (χ4v) is 4.32. The standard InChI is InChI=1S/C24H29FN4O3/c1-32-20-8-7-18(21(25)15-20)17-29-10-9-26-24(31)22(29)16-23(30)28-13-11-27(12-14-28)19-5-3-2-4-6-19/h2-8,15,22H,9-14,16-17H2,1H3,(H,26,31)/t22-/m1/s1. The minimum absolute atomic E-state index is 0.0417. The quantitative estimate of drug-likeness (QED) is 0.743. The molecule has 2 fully saturated rings. The highest BCUT2D eigenvalue weighted by atomic mass is 19.1. The van der Waals surface area contributed by atoms with Gasteiger partial charge >= 0.3 is 0 Å². The van der Waals surface area contributed by atoms with Crippen LogP contribution in [0, 0.1) is 5.82 Å². The van der Waals surface area contributed by atoms with Crippen LogP contribution in [0.15, 0.2) is 48.5 Å². The number of methoxy groups -OCH3 is 1. The minimum Gasteiger partial charge on any atom is -0.497 e. The molecule has 2 aliphatic heterocycles. The average Bonchev–Trinajstić information content (AvgIpc) is 2.83. The highest BCUT2D eigenvalue weighted by Crippen LogP contribution is 2.21. The SMILES string of the molecule is COc1ccc(CN2CCNC(=O)[C@H]2CC(=O)N2CCN(c3ccccc3)CC2)c(F)c1. The van der Waals surface area contributed by atoms with Crippen molar-refractivity contribution >= 4 is 17.5 Å². The number of carbonyl (C=O) groups excluding carboxylic acids is 2. The second-order valence-corrected chi connectivity index (χ2v) is 8.14. The van der Waals surface area contributed by atoms with E-state index in [1.54, 1.807) is 12.1 Å². The number of para-hydroxylation sites is 1. The summed E-state index contributed by atoms with van der Waals surface area (Å²) in [5.74, 6) is -0.150. The van der Waals surface area contributed by atoms with Crippen molar-refractivity contribution in [1.82, 2.24) is 15.1 Å². The third-order valence-corrected chi connectivity index (χ3v) is 6.20. The van der Waals surface area contributed by atoms with Gasteiger partial charge in [-0.1, -0.05) is 24.3 Å². The predicted molar refractivity (Wildman–Crippen MR) is 120 cm³/mol. The molecule has 0 radical (unpaired) electrons. The number of carbonyl (C=O) groups is 2. The van der Waals surface area contributed by atoms with E-state index in [9.17, 15) is 14.0 Å². The second-order valence-electron chi connectivity index (χ2n) is 8.14. The second kappa shape index (κ2) is 9.99. The Bertz CT molecular complexity index is 948. The number of nitrogens with one attached hydrogen (secondary N) is 1. The minimum atomic E-state index is -0.607. The number of piperazine rings is 2. The van der Waals surface area contributed by atoms with Crippen molar-refractivity contribution < 1.29 is 18.7 Å². The fraction of sp³-hybridized carbons (Fsp3) is 0.417. The van der Waals surface area contributed by atoms with Gasteiger partial charge in [0, 0.05) is 63.1 Å². The molecule has 1 atom stereocenters. The summed E-state index contributed by atoms with van der Waals surface area (Å²) < 4.78 is 19.5. The lowest BCUT2D eigenvalue weighted by atomic mass is 10.1. The van der Waals surface area contributed by atoms with E-state index in [2.05, 4.69) is 22.3 Å². The van der Waals surface area contributed by atoms with Gasteiger partial charge in [0.2, 0.25) is 11.8 Å². The third-order valence-electron chi connectivity index (χ3n) is 6.20. The molecule has 8 heteroatoms. The van der Waals surface area contributed by atoms with E-state index in [0.29, 0.717) is 37.5 Å². The van der Waals surface area contributed by atoms with Gasteiger partial charge < -0.3 is 19.9 Å². The largest absolute Gasteiger partial charge is 0.497 e. The number of ether oxygens (including phenoxy) is 1. The molecule has 32 heavy (non-hydrogen) atoms. The molecular weight excluding hydrogens is 411 g/mol. The molecule has 2 amide bonds. The van der Waals surface area contributed by atoms with Crippen molar-refractivity contribution in [1.29, 1.82) is 0 Å². The Morgan fingerprint density at radius 3 is 2.53 bits per heavy atom. The lowest BCUT2D eigenvalue weighted by Crippen LogP contribution is -2.57. The lowest BCUT2D eigenvalue weighted by molar-refractivity contribution is -0.139. The van der Waals surface area contributed by atoms with Crippen LogP contribution >= 0.6 is 0 Å². The molecule has 0 unspecified atom stereocenters.